The van der Waals surface area contributed by atoms with E-state index in [2.05, 4.69) is 20.5 Å². The van der Waals surface area contributed by atoms with E-state index in [0.717, 1.165) is 19.5 Å². The molecule has 1 saturated heterocycles. The molecule has 2 aromatic heterocycles. The van der Waals surface area contributed by atoms with Crippen LogP contribution in [-0.4, -0.2) is 67.8 Å². The molecule has 0 radical (unpaired) electrons. The highest BCUT2D eigenvalue weighted by atomic mass is 19.4. The average molecular weight is 496 g/mol. The molecule has 1 atom stereocenters. The molecule has 0 aliphatic carbocycles. The smallest absolute Gasteiger partial charge is 0.475 e. The molecule has 1 aliphatic rings. The van der Waals surface area contributed by atoms with Gasteiger partial charge in [0.15, 0.2) is 5.69 Å². The van der Waals surface area contributed by atoms with Crippen LogP contribution in [0, 0.1) is 5.82 Å². The van der Waals surface area contributed by atoms with Gasteiger partial charge in [0.05, 0.1) is 23.6 Å². The van der Waals surface area contributed by atoms with Gasteiger partial charge in [0, 0.05) is 24.9 Å². The number of amides is 1. The lowest BCUT2D eigenvalue weighted by Gasteiger charge is -2.09. The molecule has 0 saturated carbocycles. The quantitative estimate of drug-likeness (QED) is 0.532. The summed E-state index contributed by atoms with van der Waals surface area (Å²) in [6.07, 6.45) is -1.01. The molecule has 1 aromatic carbocycles. The van der Waals surface area contributed by atoms with Crippen molar-refractivity contribution in [3.63, 3.8) is 0 Å². The van der Waals surface area contributed by atoms with Crippen LogP contribution in [0.3, 0.4) is 0 Å². The molecular weight excluding hydrogens is 476 g/mol. The first-order valence-corrected chi connectivity index (χ1v) is 10.1. The number of rotatable bonds is 4. The number of carbonyl (C=O) groups excluding carboxylic acids is 1. The fourth-order valence-electron chi connectivity index (χ4n) is 3.27. The number of carboxylic acids is 1. The number of likely N-dealkylation sites (tertiary alicyclic amines) is 1. The second-order valence-corrected chi connectivity index (χ2v) is 7.62. The first-order valence-electron chi connectivity index (χ1n) is 10.1. The second kappa shape index (κ2) is 10.5. The first-order chi connectivity index (χ1) is 16.5. The van der Waals surface area contributed by atoms with Crippen LogP contribution >= 0.6 is 0 Å². The minimum Gasteiger partial charge on any atom is -0.475 e. The van der Waals surface area contributed by atoms with Crippen molar-refractivity contribution >= 4 is 17.6 Å². The zero-order chi connectivity index (χ0) is 25.8. The summed E-state index contributed by atoms with van der Waals surface area (Å²) in [4.78, 5) is 35.3. The monoisotopic (exact) mass is 496 g/mol. The van der Waals surface area contributed by atoms with Crippen molar-refractivity contribution in [2.45, 2.75) is 18.6 Å². The highest BCUT2D eigenvalue weighted by Crippen LogP contribution is 2.21. The summed E-state index contributed by atoms with van der Waals surface area (Å²) in [5, 5.41) is 17.6. The Morgan fingerprint density at radius 1 is 1.20 bits per heavy atom. The maximum Gasteiger partial charge on any atom is 0.490 e. The Bertz CT molecular complexity index is 1270. The number of pyridine rings is 1. The Morgan fingerprint density at radius 2 is 1.91 bits per heavy atom. The highest BCUT2D eigenvalue weighted by molar-refractivity contribution is 6.02. The topological polar surface area (TPSA) is 122 Å². The van der Waals surface area contributed by atoms with E-state index in [1.807, 2.05) is 7.05 Å². The van der Waals surface area contributed by atoms with Crippen LogP contribution in [0.15, 0.2) is 53.6 Å². The number of benzene rings is 1. The Kier molecular flexibility index (Phi) is 7.64. The van der Waals surface area contributed by atoms with E-state index < -0.39 is 23.9 Å². The fraction of sp³-hybridized carbons (Fsp3) is 0.286. The van der Waals surface area contributed by atoms with Crippen LogP contribution in [0.4, 0.5) is 23.2 Å². The Labute approximate surface area is 195 Å². The van der Waals surface area contributed by atoms with Gasteiger partial charge >= 0.3 is 12.1 Å². The normalized spacial score (nSPS) is 15.9. The van der Waals surface area contributed by atoms with Gasteiger partial charge in [-0.3, -0.25) is 14.2 Å². The molecule has 3 aromatic rings. The summed E-state index contributed by atoms with van der Waals surface area (Å²) in [5.74, 6) is -3.94. The summed E-state index contributed by atoms with van der Waals surface area (Å²) < 4.78 is 49.2. The zero-order valence-electron chi connectivity index (χ0n) is 18.2. The number of likely N-dealkylation sites (N-methyl/N-ethyl adjacent to an activating group) is 1. The number of hydrogen-bond donors (Lipinski definition) is 2. The van der Waals surface area contributed by atoms with Crippen molar-refractivity contribution in [3.05, 3.63) is 70.7 Å². The Hall–Kier alpha value is -4.07. The number of nitrogens with zero attached hydrogens (tertiary/aromatic N) is 5. The van der Waals surface area contributed by atoms with Crippen LogP contribution in [-0.2, 0) is 4.79 Å². The van der Waals surface area contributed by atoms with Gasteiger partial charge in [0.25, 0.3) is 11.5 Å². The molecule has 1 fully saturated rings. The number of hydrogen-bond acceptors (Lipinski definition) is 6. The van der Waals surface area contributed by atoms with Crippen molar-refractivity contribution in [2.24, 2.45) is 0 Å². The number of aliphatic carboxylic acids is 1. The van der Waals surface area contributed by atoms with Gasteiger partial charge in [-0.1, -0.05) is 11.3 Å². The molecule has 35 heavy (non-hydrogen) atoms. The van der Waals surface area contributed by atoms with Crippen LogP contribution in [0.5, 0.6) is 0 Å². The number of carbonyl (C=O) groups is 2. The molecule has 10 nitrogen and oxygen atoms in total. The molecule has 3 heterocycles. The predicted octanol–water partition coefficient (Wildman–Crippen LogP) is 2.33. The zero-order valence-corrected chi connectivity index (χ0v) is 18.2. The van der Waals surface area contributed by atoms with E-state index in [4.69, 9.17) is 9.90 Å². The molecular formula is C21H20F4N6O4. The van der Waals surface area contributed by atoms with Crippen molar-refractivity contribution in [2.75, 3.05) is 25.5 Å². The van der Waals surface area contributed by atoms with Crippen LogP contribution in [0.2, 0.25) is 0 Å². The van der Waals surface area contributed by atoms with E-state index >= 15 is 0 Å². The van der Waals surface area contributed by atoms with Gasteiger partial charge in [-0.15, -0.1) is 5.10 Å². The third-order valence-electron chi connectivity index (χ3n) is 5.03. The molecule has 14 heteroatoms. The van der Waals surface area contributed by atoms with Crippen LogP contribution in [0.25, 0.3) is 5.69 Å². The highest BCUT2D eigenvalue weighted by Gasteiger charge is 2.38. The van der Waals surface area contributed by atoms with Gasteiger partial charge in [-0.05, 0) is 38.2 Å². The van der Waals surface area contributed by atoms with Crippen molar-refractivity contribution < 1.29 is 32.3 Å². The number of aromatic nitrogens is 4. The molecule has 1 amide bonds. The molecule has 4 rings (SSSR count). The second-order valence-electron chi connectivity index (χ2n) is 7.62. The SMILES string of the molecule is CN1CCC(n2cc(C(=O)Nc3ccc(-n4ccccc4=O)cc3F)nn2)C1.O=C(O)C(F)(F)F. The van der Waals surface area contributed by atoms with Crippen LogP contribution in [0.1, 0.15) is 23.0 Å². The van der Waals surface area contributed by atoms with E-state index in [1.165, 1.54) is 22.8 Å². The lowest BCUT2D eigenvalue weighted by atomic mass is 10.2. The molecule has 186 valence electrons. The van der Waals surface area contributed by atoms with Gasteiger partial charge in [-0.2, -0.15) is 13.2 Å². The lowest BCUT2D eigenvalue weighted by molar-refractivity contribution is -0.192. The van der Waals surface area contributed by atoms with E-state index in [0.29, 0.717) is 5.69 Å². The maximum absolute atomic E-state index is 14.5. The Balaban J connectivity index is 0.000000429. The van der Waals surface area contributed by atoms with Gasteiger partial charge in [-0.25, -0.2) is 13.9 Å². The molecule has 0 spiro atoms. The summed E-state index contributed by atoms with van der Waals surface area (Å²) >= 11 is 0. The Morgan fingerprint density at radius 3 is 2.49 bits per heavy atom. The largest absolute Gasteiger partial charge is 0.490 e. The summed E-state index contributed by atoms with van der Waals surface area (Å²) in [5.41, 5.74) is 0.232. The van der Waals surface area contributed by atoms with Crippen molar-refractivity contribution in [3.8, 4) is 5.69 Å². The average Bonchev–Trinajstić information content (AvgIpc) is 3.44. The molecule has 0 bridgehead atoms. The fourth-order valence-corrected chi connectivity index (χ4v) is 3.27. The summed E-state index contributed by atoms with van der Waals surface area (Å²) in [6.45, 7) is 1.81. The van der Waals surface area contributed by atoms with E-state index in [1.54, 1.807) is 35.3 Å². The number of halogens is 4. The summed E-state index contributed by atoms with van der Waals surface area (Å²) in [7, 11) is 2.03. The van der Waals surface area contributed by atoms with Crippen molar-refractivity contribution in [1.29, 1.82) is 0 Å². The van der Waals surface area contributed by atoms with E-state index in [9.17, 15) is 27.2 Å². The van der Waals surface area contributed by atoms with E-state index in [-0.39, 0.29) is 23.0 Å². The minimum atomic E-state index is -5.08. The van der Waals surface area contributed by atoms with Gasteiger partial charge in [0.2, 0.25) is 0 Å². The number of nitrogens with one attached hydrogen (secondary N) is 1. The standard InChI is InChI=1S/C19H19FN6O2.C2HF3O2/c1-24-9-7-14(11-24)26-12-17(22-23-26)19(28)21-16-6-5-13(10-15(16)20)25-8-3-2-4-18(25)27;3-2(4,5)1(6)7/h2-6,8,10,12,14H,7,9,11H2,1H3,(H,21,28);(H,6,7). The predicted molar refractivity (Wildman–Crippen MR) is 115 cm³/mol. The first kappa shape index (κ1) is 25.6. The lowest BCUT2D eigenvalue weighted by Crippen LogP contribution is -2.21. The van der Waals surface area contributed by atoms with Gasteiger partial charge < -0.3 is 15.3 Å². The maximum atomic E-state index is 14.5. The minimum absolute atomic E-state index is 0.00730. The molecule has 1 unspecified atom stereocenters. The third-order valence-corrected chi connectivity index (χ3v) is 5.03. The van der Waals surface area contributed by atoms with Crippen molar-refractivity contribution in [1.82, 2.24) is 24.5 Å². The number of anilines is 1. The number of alkyl halides is 3. The molecule has 1 aliphatic heterocycles. The molecule has 2 N–H and O–H groups in total. The number of carboxylic acid groups (broad SMARTS) is 1. The van der Waals surface area contributed by atoms with Gasteiger partial charge in [0.1, 0.15) is 5.82 Å². The summed E-state index contributed by atoms with van der Waals surface area (Å²) in [6, 6.07) is 9.03. The van der Waals surface area contributed by atoms with Crippen LogP contribution < -0.4 is 10.9 Å². The third kappa shape index (κ3) is 6.50.